The maximum atomic E-state index is 12.6. The van der Waals surface area contributed by atoms with E-state index in [2.05, 4.69) is 111 Å². The molecule has 0 saturated heterocycles. The Labute approximate surface area is 337 Å². The number of quaternary nitrogens is 1. The van der Waals surface area contributed by atoms with Gasteiger partial charge in [0.25, 0.3) is 0 Å². The Kier molecular flexibility index (Phi) is 36.5. The Hall–Kier alpha value is -2.58. The van der Waals surface area contributed by atoms with Gasteiger partial charge in [-0.1, -0.05) is 130 Å². The fraction of sp³-hybridized carbons (Fsp3) is 0.630. The van der Waals surface area contributed by atoms with Gasteiger partial charge >= 0.3 is 13.8 Å². The molecule has 0 aromatic carbocycles. The van der Waals surface area contributed by atoms with Gasteiger partial charge in [-0.25, -0.2) is 4.57 Å². The molecule has 0 aromatic heterocycles. The maximum Gasteiger partial charge on any atom is 0.472 e. The lowest BCUT2D eigenvalue weighted by Gasteiger charge is -2.24. The molecule has 0 bridgehead atoms. The van der Waals surface area contributed by atoms with Crippen LogP contribution in [0.25, 0.3) is 0 Å². The number of hydrogen-bond acceptors (Lipinski definition) is 6. The molecule has 0 saturated carbocycles. The lowest BCUT2D eigenvalue weighted by molar-refractivity contribution is -0.870. The van der Waals surface area contributed by atoms with Gasteiger partial charge in [-0.15, -0.1) is 0 Å². The third-order valence-corrected chi connectivity index (χ3v) is 9.13. The van der Waals surface area contributed by atoms with Gasteiger partial charge in [0.2, 0.25) is 0 Å². The van der Waals surface area contributed by atoms with Crippen LogP contribution in [0.1, 0.15) is 129 Å². The summed E-state index contributed by atoms with van der Waals surface area (Å²) >= 11 is 0. The van der Waals surface area contributed by atoms with Crippen molar-refractivity contribution in [1.29, 1.82) is 0 Å². The van der Waals surface area contributed by atoms with Gasteiger partial charge in [0.05, 0.1) is 34.4 Å². The second-order valence-corrected chi connectivity index (χ2v) is 16.1. The van der Waals surface area contributed by atoms with Crippen LogP contribution in [0.4, 0.5) is 0 Å². The number of carbonyl (C=O) groups excluding carboxylic acids is 1. The molecule has 0 spiro atoms. The van der Waals surface area contributed by atoms with Gasteiger partial charge in [0.15, 0.2) is 0 Å². The highest BCUT2D eigenvalue weighted by Gasteiger charge is 2.26. The summed E-state index contributed by atoms with van der Waals surface area (Å²) in [5.41, 5.74) is 0. The van der Waals surface area contributed by atoms with E-state index >= 15 is 0 Å². The summed E-state index contributed by atoms with van der Waals surface area (Å²) < 4.78 is 34.9. The quantitative estimate of drug-likeness (QED) is 0.0220. The lowest BCUT2D eigenvalue weighted by atomic mass is 10.1. The van der Waals surface area contributed by atoms with Gasteiger partial charge in [0.1, 0.15) is 19.3 Å². The second kappa shape index (κ2) is 38.3. The molecule has 9 heteroatoms. The van der Waals surface area contributed by atoms with Crippen LogP contribution in [0.15, 0.2) is 97.2 Å². The molecule has 0 aliphatic rings. The minimum atomic E-state index is -4.29. The van der Waals surface area contributed by atoms with E-state index in [1.165, 1.54) is 0 Å². The number of allylic oxidation sites excluding steroid dienone is 16. The molecule has 0 rings (SSSR count). The molecule has 314 valence electrons. The lowest BCUT2D eigenvalue weighted by Crippen LogP contribution is -2.37. The van der Waals surface area contributed by atoms with E-state index in [0.29, 0.717) is 17.6 Å². The van der Waals surface area contributed by atoms with Gasteiger partial charge in [-0.05, 0) is 89.9 Å². The van der Waals surface area contributed by atoms with Gasteiger partial charge in [-0.3, -0.25) is 13.8 Å². The Morgan fingerprint density at radius 3 is 1.47 bits per heavy atom. The topological polar surface area (TPSA) is 91.3 Å². The van der Waals surface area contributed by atoms with E-state index in [4.69, 9.17) is 18.5 Å². The molecular formula is C46H79NO7P+. The van der Waals surface area contributed by atoms with Crippen molar-refractivity contribution in [3.8, 4) is 0 Å². The number of hydrogen-bond donors (Lipinski definition) is 1. The van der Waals surface area contributed by atoms with Crippen LogP contribution in [0.5, 0.6) is 0 Å². The first-order valence-electron chi connectivity index (χ1n) is 21.0. The first kappa shape index (κ1) is 52.4. The van der Waals surface area contributed by atoms with Crippen LogP contribution >= 0.6 is 7.82 Å². The summed E-state index contributed by atoms with van der Waals surface area (Å²) in [4.78, 5) is 22.8. The van der Waals surface area contributed by atoms with Gasteiger partial charge in [0, 0.05) is 13.0 Å². The highest BCUT2D eigenvalue weighted by molar-refractivity contribution is 7.47. The smallest absolute Gasteiger partial charge is 0.457 e. The van der Waals surface area contributed by atoms with Crippen LogP contribution in [0.3, 0.4) is 0 Å². The average Bonchev–Trinajstić information content (AvgIpc) is 3.13. The molecule has 0 aliphatic carbocycles. The summed E-state index contributed by atoms with van der Waals surface area (Å²) in [6, 6.07) is 0. The zero-order valence-corrected chi connectivity index (χ0v) is 36.3. The second-order valence-electron chi connectivity index (χ2n) is 14.6. The summed E-state index contributed by atoms with van der Waals surface area (Å²) in [6.07, 6.45) is 51.6. The van der Waals surface area contributed by atoms with Gasteiger partial charge < -0.3 is 18.9 Å². The van der Waals surface area contributed by atoms with Crippen molar-refractivity contribution in [3.63, 3.8) is 0 Å². The van der Waals surface area contributed by atoms with Crippen molar-refractivity contribution in [2.75, 3.05) is 54.1 Å². The van der Waals surface area contributed by atoms with Crippen molar-refractivity contribution in [1.82, 2.24) is 0 Å². The number of phosphoric ester groups is 1. The fourth-order valence-electron chi connectivity index (χ4n) is 4.94. The van der Waals surface area contributed by atoms with E-state index in [1.807, 2.05) is 21.1 Å². The third kappa shape index (κ3) is 42.4. The number of nitrogens with zero attached hydrogens (tertiary/aromatic N) is 1. The average molecular weight is 789 g/mol. The Morgan fingerprint density at radius 2 is 1.00 bits per heavy atom. The number of likely N-dealkylation sites (N-methyl/N-ethyl adjacent to an activating group) is 1. The van der Waals surface area contributed by atoms with Crippen molar-refractivity contribution in [2.24, 2.45) is 0 Å². The van der Waals surface area contributed by atoms with Crippen LogP contribution in [0, 0.1) is 0 Å². The number of unbranched alkanes of at least 4 members (excludes halogenated alkanes) is 7. The van der Waals surface area contributed by atoms with E-state index in [-0.39, 0.29) is 32.2 Å². The first-order chi connectivity index (χ1) is 26.6. The molecule has 0 aliphatic heterocycles. The number of ether oxygens (including phenoxy) is 2. The minimum Gasteiger partial charge on any atom is -0.457 e. The summed E-state index contributed by atoms with van der Waals surface area (Å²) in [7, 11) is 1.61. The molecule has 2 atom stereocenters. The monoisotopic (exact) mass is 789 g/mol. The van der Waals surface area contributed by atoms with Crippen molar-refractivity contribution in [2.45, 2.75) is 136 Å². The predicted octanol–water partition coefficient (Wildman–Crippen LogP) is 12.3. The Bertz CT molecular complexity index is 1190. The van der Waals surface area contributed by atoms with Crippen LogP contribution in [0.2, 0.25) is 0 Å². The first-order valence-corrected chi connectivity index (χ1v) is 22.5. The molecule has 0 fully saturated rings. The summed E-state index contributed by atoms with van der Waals surface area (Å²) in [5, 5.41) is 0. The number of phosphoric acid groups is 1. The standard InChI is InChI=1S/C46H78NO7P/c1-6-8-10-12-14-16-18-20-21-22-23-24-25-26-28-30-32-34-36-38-41-51-43-45(44-53-55(49,50)52-42-40-47(3,4)5)54-46(48)39-37-35-33-31-29-27-19-17-15-13-11-9-7-2/h8-11,14-17,20-21,23-24,26-29,45H,6-7,12-13,18-19,22,25,30-44H2,1-5H3/p+1/b10-8-,11-9-,16-14-,17-15-,21-20-,24-23-,28-26-,29-27-. The maximum absolute atomic E-state index is 12.6. The highest BCUT2D eigenvalue weighted by Crippen LogP contribution is 2.43. The molecule has 1 N–H and O–H groups in total. The van der Waals surface area contributed by atoms with Crippen LogP contribution in [-0.2, 0) is 27.9 Å². The predicted molar refractivity (Wildman–Crippen MR) is 233 cm³/mol. The molecule has 0 radical (unpaired) electrons. The third-order valence-electron chi connectivity index (χ3n) is 8.14. The van der Waals surface area contributed by atoms with Crippen molar-refractivity contribution >= 4 is 13.8 Å². The summed E-state index contributed by atoms with van der Waals surface area (Å²) in [6.45, 7) is 5.24. The van der Waals surface area contributed by atoms with Crippen LogP contribution in [-0.4, -0.2) is 75.6 Å². The largest absolute Gasteiger partial charge is 0.472 e. The molecule has 55 heavy (non-hydrogen) atoms. The molecule has 2 unspecified atom stereocenters. The molecule has 0 aromatic rings. The Morgan fingerprint density at radius 1 is 0.564 bits per heavy atom. The van der Waals surface area contributed by atoms with Crippen molar-refractivity contribution < 1.29 is 37.3 Å². The fourth-order valence-corrected chi connectivity index (χ4v) is 5.69. The zero-order chi connectivity index (χ0) is 40.6. The van der Waals surface area contributed by atoms with Crippen LogP contribution < -0.4 is 0 Å². The molecule has 0 amide bonds. The normalized spacial score (nSPS) is 14.8. The SMILES string of the molecule is CC/C=C\C/C=C\C/C=C\C/C=C\C/C=C\CCCCCCOCC(COP(=O)(O)OCC[N+](C)(C)C)OC(=O)CCCCC/C=C\C/C=C\C/C=C\CC. The van der Waals surface area contributed by atoms with E-state index in [0.717, 1.165) is 109 Å². The minimum absolute atomic E-state index is 0.0713. The number of carbonyl (C=O) groups is 1. The van der Waals surface area contributed by atoms with Crippen molar-refractivity contribution in [3.05, 3.63) is 97.2 Å². The molecular weight excluding hydrogens is 709 g/mol. The number of rotatable bonds is 37. The van der Waals surface area contributed by atoms with E-state index < -0.39 is 13.9 Å². The highest BCUT2D eigenvalue weighted by atomic mass is 31.2. The number of esters is 1. The Balaban J connectivity index is 4.36. The molecule has 8 nitrogen and oxygen atoms in total. The molecule has 0 heterocycles. The van der Waals surface area contributed by atoms with E-state index in [1.54, 1.807) is 0 Å². The van der Waals surface area contributed by atoms with E-state index in [9.17, 15) is 14.3 Å². The van der Waals surface area contributed by atoms with Gasteiger partial charge in [-0.2, -0.15) is 0 Å². The zero-order valence-electron chi connectivity index (χ0n) is 35.4. The summed E-state index contributed by atoms with van der Waals surface area (Å²) in [5.74, 6) is -0.358.